The van der Waals surface area contributed by atoms with Gasteiger partial charge in [-0.1, -0.05) is 23.2 Å². The Bertz CT molecular complexity index is 1090. The van der Waals surface area contributed by atoms with E-state index in [4.69, 9.17) is 27.9 Å². The van der Waals surface area contributed by atoms with E-state index in [0.717, 1.165) is 37.6 Å². The van der Waals surface area contributed by atoms with Gasteiger partial charge in [-0.2, -0.15) is 0 Å². The first-order chi connectivity index (χ1) is 17.3. The maximum absolute atomic E-state index is 13.2. The molecule has 1 atom stereocenters. The molecule has 0 aliphatic carbocycles. The van der Waals surface area contributed by atoms with E-state index in [9.17, 15) is 14.4 Å². The monoisotopic (exact) mass is 533 g/mol. The van der Waals surface area contributed by atoms with E-state index in [1.54, 1.807) is 25.3 Å². The molecule has 11 heteroatoms. The molecule has 4 rings (SSSR count). The first-order valence-electron chi connectivity index (χ1n) is 11.8. The number of rotatable bonds is 7. The molecule has 9 nitrogen and oxygen atoms in total. The molecule has 2 aliphatic rings. The van der Waals surface area contributed by atoms with Gasteiger partial charge >= 0.3 is 0 Å². The minimum Gasteiger partial charge on any atom is -0.497 e. The van der Waals surface area contributed by atoms with E-state index in [-0.39, 0.29) is 24.8 Å². The molecule has 1 unspecified atom stereocenters. The molecule has 2 aromatic carbocycles. The third kappa shape index (κ3) is 6.60. The van der Waals surface area contributed by atoms with Crippen LogP contribution in [0, 0.1) is 0 Å². The summed E-state index contributed by atoms with van der Waals surface area (Å²) in [5.41, 5.74) is 1.54. The number of hydrogen-bond acceptors (Lipinski definition) is 6. The van der Waals surface area contributed by atoms with Crippen LogP contribution in [0.4, 0.5) is 11.4 Å². The fourth-order valence-electron chi connectivity index (χ4n) is 4.47. The molecule has 0 spiro atoms. The van der Waals surface area contributed by atoms with Crippen LogP contribution in [0.2, 0.25) is 10.0 Å². The third-order valence-electron chi connectivity index (χ3n) is 6.34. The molecule has 2 aliphatic heterocycles. The average Bonchev–Trinajstić information content (AvgIpc) is 2.85. The van der Waals surface area contributed by atoms with Gasteiger partial charge in [0.25, 0.3) is 0 Å². The smallest absolute Gasteiger partial charge is 0.243 e. The van der Waals surface area contributed by atoms with Gasteiger partial charge in [0.2, 0.25) is 17.7 Å². The summed E-state index contributed by atoms with van der Waals surface area (Å²) < 4.78 is 5.22. The van der Waals surface area contributed by atoms with Crippen LogP contribution in [0.3, 0.4) is 0 Å². The normalized spacial score (nSPS) is 18.5. The molecule has 0 aromatic heterocycles. The molecule has 3 amide bonds. The lowest BCUT2D eigenvalue weighted by molar-refractivity contribution is -0.145. The number of nitrogens with one attached hydrogen (secondary N) is 2. The fourth-order valence-corrected chi connectivity index (χ4v) is 5.00. The molecule has 2 aromatic rings. The minimum atomic E-state index is -0.874. The predicted octanol–water partition coefficient (Wildman–Crippen LogP) is 2.48. The van der Waals surface area contributed by atoms with E-state index in [2.05, 4.69) is 20.4 Å². The number of benzene rings is 2. The van der Waals surface area contributed by atoms with Crippen LogP contribution in [0.15, 0.2) is 42.5 Å². The number of halogens is 2. The number of nitrogens with zero attached hydrogens (tertiary/aromatic N) is 3. The number of methoxy groups -OCH3 is 1. The third-order valence-corrected chi connectivity index (χ3v) is 6.78. The summed E-state index contributed by atoms with van der Waals surface area (Å²) in [6.07, 6.45) is -0.160. The lowest BCUT2D eigenvalue weighted by atomic mass is 10.1. The van der Waals surface area contributed by atoms with E-state index >= 15 is 0 Å². The molecule has 2 saturated heterocycles. The van der Waals surface area contributed by atoms with Gasteiger partial charge in [0.05, 0.1) is 20.1 Å². The van der Waals surface area contributed by atoms with Crippen LogP contribution in [0.1, 0.15) is 6.42 Å². The zero-order valence-electron chi connectivity index (χ0n) is 20.0. The molecule has 2 N–H and O–H groups in total. The zero-order chi connectivity index (χ0) is 25.7. The SMILES string of the molecule is COc1ccc(N2CCN(CC(=O)N3CCNC(=O)C3CC(=O)Nc3cc(Cl)cc(Cl)c3)CC2)cc1. The van der Waals surface area contributed by atoms with Gasteiger partial charge in [-0.3, -0.25) is 19.3 Å². The second-order valence-electron chi connectivity index (χ2n) is 8.77. The van der Waals surface area contributed by atoms with Crippen molar-refractivity contribution >= 4 is 52.3 Å². The van der Waals surface area contributed by atoms with Gasteiger partial charge in [0, 0.05) is 60.7 Å². The van der Waals surface area contributed by atoms with Crippen LogP contribution in [-0.4, -0.2) is 86.5 Å². The van der Waals surface area contributed by atoms with Crippen molar-refractivity contribution in [3.8, 4) is 5.75 Å². The summed E-state index contributed by atoms with van der Waals surface area (Å²) in [7, 11) is 1.64. The van der Waals surface area contributed by atoms with Gasteiger partial charge in [0.1, 0.15) is 11.8 Å². The van der Waals surface area contributed by atoms with Crippen molar-refractivity contribution in [3.05, 3.63) is 52.5 Å². The highest BCUT2D eigenvalue weighted by molar-refractivity contribution is 6.35. The first kappa shape index (κ1) is 26.1. The minimum absolute atomic E-state index is 0.160. The predicted molar refractivity (Wildman–Crippen MR) is 140 cm³/mol. The highest BCUT2D eigenvalue weighted by atomic mass is 35.5. The van der Waals surface area contributed by atoms with Crippen LogP contribution < -0.4 is 20.3 Å². The van der Waals surface area contributed by atoms with Crippen molar-refractivity contribution in [2.75, 3.05) is 63.1 Å². The van der Waals surface area contributed by atoms with Crippen molar-refractivity contribution in [1.29, 1.82) is 0 Å². The molecule has 192 valence electrons. The summed E-state index contributed by atoms with van der Waals surface area (Å²) in [6, 6.07) is 11.7. The summed E-state index contributed by atoms with van der Waals surface area (Å²) in [4.78, 5) is 44.3. The molecule has 0 radical (unpaired) electrons. The van der Waals surface area contributed by atoms with Crippen LogP contribution in [0.5, 0.6) is 5.75 Å². The Kier molecular flexibility index (Phi) is 8.56. The molecule has 0 saturated carbocycles. The molecule has 36 heavy (non-hydrogen) atoms. The second kappa shape index (κ2) is 11.8. The van der Waals surface area contributed by atoms with Gasteiger partial charge < -0.3 is 25.2 Å². The lowest BCUT2D eigenvalue weighted by Gasteiger charge is -2.39. The Labute approximate surface area is 220 Å². The van der Waals surface area contributed by atoms with Gasteiger partial charge in [-0.25, -0.2) is 0 Å². The van der Waals surface area contributed by atoms with E-state index in [1.165, 1.54) is 4.90 Å². The number of amides is 3. The Morgan fingerprint density at radius 3 is 2.33 bits per heavy atom. The lowest BCUT2D eigenvalue weighted by Crippen LogP contribution is -2.60. The van der Waals surface area contributed by atoms with Crippen LogP contribution in [0.25, 0.3) is 0 Å². The fraction of sp³-hybridized carbons (Fsp3) is 0.400. The quantitative estimate of drug-likeness (QED) is 0.567. The molecular formula is C25H29Cl2N5O4. The summed E-state index contributed by atoms with van der Waals surface area (Å²) in [5, 5.41) is 6.24. The number of anilines is 2. The maximum atomic E-state index is 13.2. The van der Waals surface area contributed by atoms with E-state index in [1.807, 2.05) is 24.3 Å². The summed E-state index contributed by atoms with van der Waals surface area (Å²) in [6.45, 7) is 3.93. The summed E-state index contributed by atoms with van der Waals surface area (Å²) in [5.74, 6) is -0.0843. The van der Waals surface area contributed by atoms with Crippen molar-refractivity contribution in [2.24, 2.45) is 0 Å². The molecule has 0 bridgehead atoms. The number of hydrogen-bond donors (Lipinski definition) is 2. The topological polar surface area (TPSA) is 94.2 Å². The van der Waals surface area contributed by atoms with Gasteiger partial charge in [-0.15, -0.1) is 0 Å². The largest absolute Gasteiger partial charge is 0.497 e. The van der Waals surface area contributed by atoms with Crippen molar-refractivity contribution in [1.82, 2.24) is 15.1 Å². The van der Waals surface area contributed by atoms with E-state index < -0.39 is 11.9 Å². The summed E-state index contributed by atoms with van der Waals surface area (Å²) >= 11 is 12.0. The standard InChI is InChI=1S/C25H29Cl2N5O4/c1-36-21-4-2-20(3-5-21)31-10-8-30(9-11-31)16-24(34)32-7-6-28-25(35)22(32)15-23(33)29-19-13-17(26)12-18(27)14-19/h2-5,12-14,22H,6-11,15-16H2,1H3,(H,28,35)(H,29,33). The van der Waals surface area contributed by atoms with Gasteiger partial charge in [-0.05, 0) is 42.5 Å². The Morgan fingerprint density at radius 1 is 1.03 bits per heavy atom. The molecule has 2 fully saturated rings. The first-order valence-corrected chi connectivity index (χ1v) is 12.5. The van der Waals surface area contributed by atoms with Crippen molar-refractivity contribution < 1.29 is 19.1 Å². The Morgan fingerprint density at radius 2 is 1.69 bits per heavy atom. The average molecular weight is 534 g/mol. The van der Waals surface area contributed by atoms with Crippen LogP contribution in [-0.2, 0) is 14.4 Å². The van der Waals surface area contributed by atoms with Crippen molar-refractivity contribution in [2.45, 2.75) is 12.5 Å². The Hall–Kier alpha value is -3.01. The number of carbonyl (C=O) groups is 3. The van der Waals surface area contributed by atoms with Crippen molar-refractivity contribution in [3.63, 3.8) is 0 Å². The number of ether oxygens (including phenoxy) is 1. The van der Waals surface area contributed by atoms with Gasteiger partial charge in [0.15, 0.2) is 0 Å². The highest BCUT2D eigenvalue weighted by Gasteiger charge is 2.35. The second-order valence-corrected chi connectivity index (χ2v) is 9.64. The maximum Gasteiger partial charge on any atom is 0.243 e. The van der Waals surface area contributed by atoms with Crippen LogP contribution >= 0.6 is 23.2 Å². The Balaban J connectivity index is 1.32. The number of carbonyl (C=O) groups excluding carboxylic acids is 3. The van der Waals surface area contributed by atoms with E-state index in [0.29, 0.717) is 28.8 Å². The highest BCUT2D eigenvalue weighted by Crippen LogP contribution is 2.23. The molecule has 2 heterocycles. The number of piperazine rings is 2. The zero-order valence-corrected chi connectivity index (χ0v) is 21.5. The molecular weight excluding hydrogens is 505 g/mol.